The molecule has 0 saturated carbocycles. The van der Waals surface area contributed by atoms with Gasteiger partial charge in [-0.2, -0.15) is 0 Å². The number of ether oxygens (including phenoxy) is 1. The number of nitrogens with zero attached hydrogens (tertiary/aromatic N) is 4. The van der Waals surface area contributed by atoms with Crippen LogP contribution in [-0.2, 0) is 16.1 Å². The highest BCUT2D eigenvalue weighted by atomic mass is 16.5. The fraction of sp³-hybridized carbons (Fsp3) is 0.667. The molecule has 8 heteroatoms. The number of nitrogens with one attached hydrogen (secondary N) is 2. The molecule has 0 aliphatic carbocycles. The van der Waals surface area contributed by atoms with Gasteiger partial charge in [0.1, 0.15) is 6.54 Å². The van der Waals surface area contributed by atoms with E-state index in [9.17, 15) is 4.79 Å². The summed E-state index contributed by atoms with van der Waals surface area (Å²) in [6.45, 7) is 8.78. The molecule has 1 amide bonds. The van der Waals surface area contributed by atoms with E-state index in [1.54, 1.807) is 19.0 Å². The quantitative estimate of drug-likeness (QED) is 0.336. The van der Waals surface area contributed by atoms with E-state index in [1.165, 1.54) is 5.56 Å². The molecule has 2 saturated heterocycles. The summed E-state index contributed by atoms with van der Waals surface area (Å²) in [6.07, 6.45) is 3.31. The molecule has 0 aromatic heterocycles. The lowest BCUT2D eigenvalue weighted by Crippen LogP contribution is -2.51. The van der Waals surface area contributed by atoms with Gasteiger partial charge in [0.05, 0.1) is 13.2 Å². The van der Waals surface area contributed by atoms with Gasteiger partial charge in [-0.1, -0.05) is 30.3 Å². The largest absolute Gasteiger partial charge is 0.379 e. The molecular formula is C24H40N6O2. The summed E-state index contributed by atoms with van der Waals surface area (Å²) in [6, 6.07) is 11.0. The fourth-order valence-electron chi connectivity index (χ4n) is 4.13. The molecule has 1 aromatic rings. The van der Waals surface area contributed by atoms with Crippen molar-refractivity contribution in [3.63, 3.8) is 0 Å². The Morgan fingerprint density at radius 1 is 1.16 bits per heavy atom. The van der Waals surface area contributed by atoms with E-state index in [1.807, 2.05) is 0 Å². The molecule has 2 N–H and O–H groups in total. The van der Waals surface area contributed by atoms with Crippen LogP contribution in [0.15, 0.2) is 35.3 Å². The minimum absolute atomic E-state index is 0.00812. The Morgan fingerprint density at radius 3 is 2.69 bits per heavy atom. The molecule has 178 valence electrons. The number of carbonyl (C=O) groups is 1. The molecule has 2 heterocycles. The van der Waals surface area contributed by atoms with Crippen LogP contribution in [0, 0.1) is 0 Å². The zero-order chi connectivity index (χ0) is 22.6. The average Bonchev–Trinajstić information content (AvgIpc) is 2.81. The minimum Gasteiger partial charge on any atom is -0.379 e. The van der Waals surface area contributed by atoms with E-state index >= 15 is 0 Å². The SMILES string of the molecule is CN(C)C(=O)CN=C(NCCCN1CCOCC1)NC1CCCN(Cc2ccccc2)C1. The minimum atomic E-state index is 0.00812. The van der Waals surface area contributed by atoms with Crippen LogP contribution >= 0.6 is 0 Å². The second-order valence-corrected chi connectivity index (χ2v) is 8.89. The molecule has 1 atom stereocenters. The molecule has 8 nitrogen and oxygen atoms in total. The van der Waals surface area contributed by atoms with Crippen LogP contribution in [0.5, 0.6) is 0 Å². The zero-order valence-corrected chi connectivity index (χ0v) is 19.8. The average molecular weight is 445 g/mol. The van der Waals surface area contributed by atoms with Gasteiger partial charge in [0.25, 0.3) is 0 Å². The van der Waals surface area contributed by atoms with Crippen LogP contribution in [0.25, 0.3) is 0 Å². The van der Waals surface area contributed by atoms with Gasteiger partial charge in [-0.05, 0) is 37.9 Å². The lowest BCUT2D eigenvalue weighted by molar-refractivity contribution is -0.127. The summed E-state index contributed by atoms with van der Waals surface area (Å²) >= 11 is 0. The second kappa shape index (κ2) is 13.4. The summed E-state index contributed by atoms with van der Waals surface area (Å²) in [7, 11) is 3.53. The number of hydrogen-bond acceptors (Lipinski definition) is 5. The Labute approximate surface area is 193 Å². The number of likely N-dealkylation sites (N-methyl/N-ethyl adjacent to an activating group) is 1. The molecule has 0 spiro atoms. The summed E-state index contributed by atoms with van der Waals surface area (Å²) in [5.41, 5.74) is 1.35. The van der Waals surface area contributed by atoms with Gasteiger partial charge < -0.3 is 20.3 Å². The molecule has 32 heavy (non-hydrogen) atoms. The van der Waals surface area contributed by atoms with Crippen molar-refractivity contribution in [2.75, 3.05) is 73.1 Å². The van der Waals surface area contributed by atoms with Crippen molar-refractivity contribution >= 4 is 11.9 Å². The maximum Gasteiger partial charge on any atom is 0.243 e. The fourth-order valence-corrected chi connectivity index (χ4v) is 4.13. The highest BCUT2D eigenvalue weighted by molar-refractivity contribution is 5.84. The van der Waals surface area contributed by atoms with Crippen LogP contribution in [0.2, 0.25) is 0 Å². The number of benzene rings is 1. The van der Waals surface area contributed by atoms with Crippen molar-refractivity contribution in [2.45, 2.75) is 31.8 Å². The third-order valence-corrected chi connectivity index (χ3v) is 6.01. The molecule has 2 aliphatic heterocycles. The van der Waals surface area contributed by atoms with Gasteiger partial charge in [-0.3, -0.25) is 14.6 Å². The lowest BCUT2D eigenvalue weighted by atomic mass is 10.0. The van der Waals surface area contributed by atoms with Crippen molar-refractivity contribution in [1.29, 1.82) is 0 Å². The first-order valence-electron chi connectivity index (χ1n) is 11.9. The molecule has 1 unspecified atom stereocenters. The van der Waals surface area contributed by atoms with Crippen molar-refractivity contribution < 1.29 is 9.53 Å². The van der Waals surface area contributed by atoms with Crippen LogP contribution in [-0.4, -0.2) is 106 Å². The number of amides is 1. The normalized spacial score (nSPS) is 20.7. The number of guanidine groups is 1. The number of rotatable bonds is 9. The van der Waals surface area contributed by atoms with Gasteiger partial charge >= 0.3 is 0 Å². The smallest absolute Gasteiger partial charge is 0.243 e. The number of aliphatic imine (C=N–C) groups is 1. The molecule has 0 bridgehead atoms. The third kappa shape index (κ3) is 8.76. The summed E-state index contributed by atoms with van der Waals surface area (Å²) < 4.78 is 5.42. The van der Waals surface area contributed by atoms with E-state index in [0.29, 0.717) is 6.04 Å². The first-order chi connectivity index (χ1) is 15.6. The van der Waals surface area contributed by atoms with Gasteiger partial charge in [0.2, 0.25) is 5.91 Å². The molecule has 3 rings (SSSR count). The molecule has 2 fully saturated rings. The van der Waals surface area contributed by atoms with E-state index in [0.717, 1.165) is 84.2 Å². The number of morpholine rings is 1. The van der Waals surface area contributed by atoms with E-state index in [2.05, 4.69) is 55.8 Å². The summed E-state index contributed by atoms with van der Waals surface area (Å²) in [5.74, 6) is 0.752. The van der Waals surface area contributed by atoms with E-state index in [4.69, 9.17) is 4.74 Å². The predicted octanol–water partition coefficient (Wildman–Crippen LogP) is 0.997. The molecule has 0 radical (unpaired) electrons. The zero-order valence-electron chi connectivity index (χ0n) is 19.8. The Kier molecular flexibility index (Phi) is 10.3. The molecule has 1 aromatic carbocycles. The van der Waals surface area contributed by atoms with Crippen LogP contribution < -0.4 is 10.6 Å². The molecule has 2 aliphatic rings. The number of hydrogen-bond donors (Lipinski definition) is 2. The Hall–Kier alpha value is -2.16. The van der Waals surface area contributed by atoms with Gasteiger partial charge in [-0.25, -0.2) is 4.99 Å². The van der Waals surface area contributed by atoms with Crippen LogP contribution in [0.1, 0.15) is 24.8 Å². The van der Waals surface area contributed by atoms with Gasteiger partial charge in [0, 0.05) is 52.9 Å². The van der Waals surface area contributed by atoms with Crippen molar-refractivity contribution in [1.82, 2.24) is 25.3 Å². The van der Waals surface area contributed by atoms with Crippen molar-refractivity contribution in [2.24, 2.45) is 4.99 Å². The summed E-state index contributed by atoms with van der Waals surface area (Å²) in [5, 5.41) is 7.05. The highest BCUT2D eigenvalue weighted by Crippen LogP contribution is 2.13. The van der Waals surface area contributed by atoms with Gasteiger partial charge in [0.15, 0.2) is 5.96 Å². The standard InChI is InChI=1S/C24H40N6O2/c1-28(2)23(31)18-26-24(25-11-7-13-29-14-16-32-17-15-29)27-22-10-6-12-30(20-22)19-21-8-4-3-5-9-21/h3-5,8-9,22H,6-7,10-20H2,1-2H3,(H2,25,26,27). The monoisotopic (exact) mass is 444 g/mol. The Balaban J connectivity index is 1.49. The number of likely N-dealkylation sites (tertiary alicyclic amines) is 1. The van der Waals surface area contributed by atoms with Gasteiger partial charge in [-0.15, -0.1) is 0 Å². The van der Waals surface area contributed by atoms with Crippen LogP contribution in [0.3, 0.4) is 0 Å². The first-order valence-corrected chi connectivity index (χ1v) is 11.9. The maximum atomic E-state index is 12.1. The molecular weight excluding hydrogens is 404 g/mol. The Bertz CT molecular complexity index is 706. The second-order valence-electron chi connectivity index (χ2n) is 8.89. The van der Waals surface area contributed by atoms with E-state index in [-0.39, 0.29) is 12.5 Å². The van der Waals surface area contributed by atoms with Crippen molar-refractivity contribution in [3.8, 4) is 0 Å². The maximum absolute atomic E-state index is 12.1. The predicted molar refractivity (Wildman–Crippen MR) is 129 cm³/mol. The topological polar surface area (TPSA) is 72.4 Å². The third-order valence-electron chi connectivity index (χ3n) is 6.01. The highest BCUT2D eigenvalue weighted by Gasteiger charge is 2.21. The summed E-state index contributed by atoms with van der Waals surface area (Å²) in [4.78, 5) is 23.2. The van der Waals surface area contributed by atoms with Crippen LogP contribution in [0.4, 0.5) is 0 Å². The van der Waals surface area contributed by atoms with Crippen molar-refractivity contribution in [3.05, 3.63) is 35.9 Å². The first kappa shape index (κ1) is 24.5. The number of carbonyl (C=O) groups excluding carboxylic acids is 1. The van der Waals surface area contributed by atoms with E-state index < -0.39 is 0 Å². The lowest BCUT2D eigenvalue weighted by Gasteiger charge is -2.34. The number of piperidine rings is 1. The Morgan fingerprint density at radius 2 is 1.94 bits per heavy atom.